The van der Waals surface area contributed by atoms with Gasteiger partial charge >= 0.3 is 0 Å². The molecule has 0 saturated heterocycles. The summed E-state index contributed by atoms with van der Waals surface area (Å²) < 4.78 is 10.9. The van der Waals surface area contributed by atoms with Crippen LogP contribution < -0.4 is 0 Å². The Morgan fingerprint density at radius 2 is 1.56 bits per heavy atom. The van der Waals surface area contributed by atoms with Crippen LogP contribution in [0.25, 0.3) is 0 Å². The second-order valence-corrected chi connectivity index (χ2v) is 2.23. The van der Waals surface area contributed by atoms with Gasteiger partial charge in [-0.05, 0) is 12.1 Å². The largest absolute Gasteiger partial charge is 0.212 e. The van der Waals surface area contributed by atoms with Crippen LogP contribution in [0.15, 0.2) is 36.4 Å². The first-order valence-corrected chi connectivity index (χ1v) is 3.36. The van der Waals surface area contributed by atoms with Crippen molar-refractivity contribution in [3.8, 4) is 0 Å². The summed E-state index contributed by atoms with van der Waals surface area (Å²) in [5.74, 6) is 0. The Bertz CT molecular complexity index is 254. The molecule has 0 aliphatic carbocycles. The third-order valence-corrected chi connectivity index (χ3v) is 1.42. The van der Waals surface area contributed by atoms with Crippen molar-refractivity contribution < 1.29 is 4.21 Å². The Morgan fingerprint density at radius 3 is 2.00 bits per heavy atom. The predicted molar refractivity (Wildman–Crippen MR) is 37.8 cm³/mol. The summed E-state index contributed by atoms with van der Waals surface area (Å²) in [5, 5.41) is 0. The van der Waals surface area contributed by atoms with Gasteiger partial charge in [-0.25, -0.2) is 4.21 Å². The lowest BCUT2D eigenvalue weighted by molar-refractivity contribution is 0.699. The van der Waals surface area contributed by atoms with Crippen LogP contribution in [0, 0.1) is 4.51 Å². The molecular weight excluding hydrogens is 132 g/mol. The molecule has 0 N–H and O–H groups in total. The van der Waals surface area contributed by atoms with E-state index in [2.05, 4.69) is 0 Å². The molecule has 1 aromatic rings. The summed E-state index contributed by atoms with van der Waals surface area (Å²) in [7, 11) is 0. The van der Waals surface area contributed by atoms with Crippen LogP contribution in [0.3, 0.4) is 0 Å². The van der Waals surface area contributed by atoms with Crippen molar-refractivity contribution in [1.29, 1.82) is 0 Å². The van der Waals surface area contributed by atoms with Gasteiger partial charge in [-0.3, -0.25) is 0 Å². The standard InChI is InChI=1S/C7H6OS/c8-9-7-5-3-1-2-4-6-7/h1-6H. The number of hydrogen-bond acceptors (Lipinski definition) is 1. The molecule has 2 heteroatoms. The van der Waals surface area contributed by atoms with Crippen molar-refractivity contribution in [2.45, 2.75) is 0 Å². The van der Waals surface area contributed by atoms with Crippen LogP contribution in [-0.4, -0.2) is 4.21 Å². The second kappa shape index (κ2) is 3.20. The molecule has 0 bridgehead atoms. The van der Waals surface area contributed by atoms with Gasteiger partial charge in [-0.15, -0.1) is 0 Å². The predicted octanol–water partition coefficient (Wildman–Crippen LogP) is 1.43. The fourth-order valence-corrected chi connectivity index (χ4v) is 0.808. The Kier molecular flexibility index (Phi) is 2.22. The van der Waals surface area contributed by atoms with Gasteiger partial charge in [0.05, 0.1) is 15.8 Å². The van der Waals surface area contributed by atoms with Crippen molar-refractivity contribution in [1.82, 2.24) is 0 Å². The normalized spacial score (nSPS) is 8.44. The fraction of sp³-hybridized carbons (Fsp3) is 0. The average molecular weight is 138 g/mol. The monoisotopic (exact) mass is 138 g/mol. The van der Waals surface area contributed by atoms with Crippen molar-refractivity contribution in [2.24, 2.45) is 0 Å². The lowest BCUT2D eigenvalue weighted by Gasteiger charge is -1.60. The highest BCUT2D eigenvalue weighted by Crippen LogP contribution is 1.84. The quantitative estimate of drug-likeness (QED) is 0.496. The molecule has 0 unspecified atom stereocenters. The van der Waals surface area contributed by atoms with E-state index >= 15 is 0 Å². The Morgan fingerprint density at radius 1 is 1.00 bits per heavy atom. The molecular formula is C7H6OS. The van der Waals surface area contributed by atoms with Crippen LogP contribution in [0.2, 0.25) is 0 Å². The summed E-state index contributed by atoms with van der Waals surface area (Å²) in [6.45, 7) is 0. The SMILES string of the molecule is O=S=c1cccccc1. The molecule has 9 heavy (non-hydrogen) atoms. The molecule has 0 heterocycles. The molecule has 0 amide bonds. The highest BCUT2D eigenvalue weighted by atomic mass is 32.1. The smallest absolute Gasteiger partial charge is 0.0965 e. The molecule has 0 saturated carbocycles. The van der Waals surface area contributed by atoms with E-state index in [0.29, 0.717) is 11.3 Å². The van der Waals surface area contributed by atoms with Gasteiger partial charge in [0.1, 0.15) is 0 Å². The highest BCUT2D eigenvalue weighted by molar-refractivity contribution is 7.56. The zero-order chi connectivity index (χ0) is 6.53. The summed E-state index contributed by atoms with van der Waals surface area (Å²) in [4.78, 5) is 0. The summed E-state index contributed by atoms with van der Waals surface area (Å²) in [6.07, 6.45) is 0. The molecule has 0 aromatic heterocycles. The topological polar surface area (TPSA) is 17.1 Å². The lowest BCUT2D eigenvalue weighted by Crippen LogP contribution is -1.51. The van der Waals surface area contributed by atoms with Gasteiger partial charge in [0, 0.05) is 0 Å². The fourth-order valence-electron chi connectivity index (χ4n) is 0.540. The van der Waals surface area contributed by atoms with Crippen molar-refractivity contribution in [2.75, 3.05) is 0 Å². The van der Waals surface area contributed by atoms with Crippen LogP contribution in [0.5, 0.6) is 0 Å². The van der Waals surface area contributed by atoms with Crippen LogP contribution in [0.4, 0.5) is 0 Å². The Hall–Kier alpha value is -0.890. The zero-order valence-electron chi connectivity index (χ0n) is 4.78. The lowest BCUT2D eigenvalue weighted by atomic mass is 10.5. The number of hydrogen-bond donors (Lipinski definition) is 0. The molecule has 0 aliphatic heterocycles. The average Bonchev–Trinajstić information content (AvgIpc) is 2.13. The van der Waals surface area contributed by atoms with Crippen LogP contribution >= 0.6 is 0 Å². The van der Waals surface area contributed by atoms with Crippen molar-refractivity contribution in [3.63, 3.8) is 0 Å². The van der Waals surface area contributed by atoms with Gasteiger partial charge in [-0.2, -0.15) is 0 Å². The van der Waals surface area contributed by atoms with Crippen LogP contribution in [-0.2, 0) is 11.3 Å². The van der Waals surface area contributed by atoms with E-state index in [9.17, 15) is 4.21 Å². The van der Waals surface area contributed by atoms with E-state index in [-0.39, 0.29) is 0 Å². The van der Waals surface area contributed by atoms with E-state index in [1.807, 2.05) is 24.3 Å². The molecule has 0 radical (unpaired) electrons. The Labute approximate surface area is 57.1 Å². The molecule has 1 nitrogen and oxygen atoms in total. The molecule has 46 valence electrons. The molecule has 0 spiro atoms. The van der Waals surface area contributed by atoms with Gasteiger partial charge in [0.2, 0.25) is 0 Å². The van der Waals surface area contributed by atoms with Crippen molar-refractivity contribution in [3.05, 3.63) is 40.9 Å². The van der Waals surface area contributed by atoms with E-state index in [1.54, 1.807) is 12.1 Å². The first-order valence-electron chi connectivity index (χ1n) is 2.61. The maximum atomic E-state index is 10.2. The maximum absolute atomic E-state index is 10.2. The van der Waals surface area contributed by atoms with Gasteiger partial charge in [0.15, 0.2) is 0 Å². The van der Waals surface area contributed by atoms with Crippen LogP contribution in [0.1, 0.15) is 0 Å². The molecule has 0 atom stereocenters. The van der Waals surface area contributed by atoms with E-state index in [4.69, 9.17) is 0 Å². The minimum absolute atomic E-state index is 0.512. The minimum Gasteiger partial charge on any atom is -0.212 e. The molecule has 0 fully saturated rings. The van der Waals surface area contributed by atoms with Crippen molar-refractivity contribution >= 4 is 11.3 Å². The third kappa shape index (κ3) is 1.82. The third-order valence-electron chi connectivity index (χ3n) is 0.951. The summed E-state index contributed by atoms with van der Waals surface area (Å²) in [6, 6.07) is 11.1. The number of rotatable bonds is 0. The summed E-state index contributed by atoms with van der Waals surface area (Å²) in [5.41, 5.74) is 0. The first kappa shape index (κ1) is 6.23. The summed E-state index contributed by atoms with van der Waals surface area (Å²) >= 11 is 0.512. The zero-order valence-corrected chi connectivity index (χ0v) is 5.60. The highest BCUT2D eigenvalue weighted by Gasteiger charge is 1.69. The van der Waals surface area contributed by atoms with Gasteiger partial charge in [0.25, 0.3) is 0 Å². The minimum atomic E-state index is 0.512. The molecule has 0 aliphatic rings. The van der Waals surface area contributed by atoms with Gasteiger partial charge < -0.3 is 0 Å². The van der Waals surface area contributed by atoms with E-state index in [1.165, 1.54) is 0 Å². The molecule has 1 rings (SSSR count). The van der Waals surface area contributed by atoms with Gasteiger partial charge in [-0.1, -0.05) is 24.3 Å². The Balaban J connectivity index is 3.46. The van der Waals surface area contributed by atoms with E-state index < -0.39 is 0 Å². The van der Waals surface area contributed by atoms with E-state index in [0.717, 1.165) is 4.51 Å². The second-order valence-electron chi connectivity index (χ2n) is 1.59. The molecule has 1 aromatic carbocycles. The first-order chi connectivity index (χ1) is 4.43. The maximum Gasteiger partial charge on any atom is 0.0965 e.